The van der Waals surface area contributed by atoms with Crippen molar-refractivity contribution < 1.29 is 18.0 Å². The third kappa shape index (κ3) is 1.22. The quantitative estimate of drug-likeness (QED) is 0.681. The minimum absolute atomic E-state index is 0.146. The molecule has 0 spiro atoms. The van der Waals surface area contributed by atoms with Crippen LogP contribution in [0.2, 0.25) is 0 Å². The Morgan fingerprint density at radius 2 is 1.93 bits per heavy atom. The average Bonchev–Trinajstić information content (AvgIpc) is 2.49. The van der Waals surface area contributed by atoms with Gasteiger partial charge >= 0.3 is 0 Å². The van der Waals surface area contributed by atoms with Gasteiger partial charge in [-0.15, -0.1) is 0 Å². The van der Waals surface area contributed by atoms with E-state index in [1.807, 2.05) is 0 Å². The molecule has 1 aromatic rings. The molecule has 0 fully saturated rings. The van der Waals surface area contributed by atoms with Gasteiger partial charge in [0.25, 0.3) is 6.43 Å². The Balaban J connectivity index is 2.58. The van der Waals surface area contributed by atoms with E-state index < -0.39 is 17.8 Å². The van der Waals surface area contributed by atoms with Crippen LogP contribution in [0, 0.1) is 5.82 Å². The molecule has 0 radical (unpaired) electrons. The molecule has 74 valence electrons. The molecule has 4 heteroatoms. The highest BCUT2D eigenvalue weighted by atomic mass is 19.3. The first-order valence-electron chi connectivity index (χ1n) is 4.24. The second kappa shape index (κ2) is 3.12. The molecule has 0 heterocycles. The largest absolute Gasteiger partial charge is 0.294 e. The number of ketones is 1. The number of halogens is 3. The fourth-order valence-corrected chi connectivity index (χ4v) is 1.69. The summed E-state index contributed by atoms with van der Waals surface area (Å²) in [6, 6.07) is 2.28. The van der Waals surface area contributed by atoms with Crippen molar-refractivity contribution in [2.45, 2.75) is 19.3 Å². The van der Waals surface area contributed by atoms with Crippen LogP contribution in [-0.2, 0) is 6.42 Å². The number of fused-ring (bicyclic) bond motifs is 1. The smallest absolute Gasteiger partial charge is 0.266 e. The van der Waals surface area contributed by atoms with Crippen molar-refractivity contribution in [2.75, 3.05) is 0 Å². The zero-order valence-electron chi connectivity index (χ0n) is 7.19. The number of carbonyl (C=O) groups excluding carboxylic acids is 1. The van der Waals surface area contributed by atoms with Gasteiger partial charge in [0.15, 0.2) is 5.78 Å². The first kappa shape index (κ1) is 9.24. The SMILES string of the molecule is O=C1CCc2c1ccc(C(F)F)c2F. The van der Waals surface area contributed by atoms with Crippen molar-refractivity contribution in [3.8, 4) is 0 Å². The lowest BCUT2D eigenvalue weighted by Crippen LogP contribution is -1.98. The summed E-state index contributed by atoms with van der Waals surface area (Å²) in [6.45, 7) is 0. The molecule has 0 bridgehead atoms. The van der Waals surface area contributed by atoms with Crippen LogP contribution in [0.5, 0.6) is 0 Å². The first-order valence-corrected chi connectivity index (χ1v) is 4.24. The molecule has 0 amide bonds. The lowest BCUT2D eigenvalue weighted by Gasteiger charge is -2.05. The Labute approximate surface area is 78.5 Å². The summed E-state index contributed by atoms with van der Waals surface area (Å²) >= 11 is 0. The molecule has 2 rings (SSSR count). The molecule has 14 heavy (non-hydrogen) atoms. The molecule has 0 aromatic heterocycles. The lowest BCUT2D eigenvalue weighted by atomic mass is 10.1. The van der Waals surface area contributed by atoms with Crippen molar-refractivity contribution >= 4 is 5.78 Å². The van der Waals surface area contributed by atoms with E-state index in [2.05, 4.69) is 0 Å². The number of carbonyl (C=O) groups is 1. The summed E-state index contributed by atoms with van der Waals surface area (Å²) in [5.74, 6) is -1.08. The zero-order valence-corrected chi connectivity index (χ0v) is 7.19. The van der Waals surface area contributed by atoms with Gasteiger partial charge in [0, 0.05) is 12.0 Å². The van der Waals surface area contributed by atoms with Gasteiger partial charge in [0.1, 0.15) is 5.82 Å². The van der Waals surface area contributed by atoms with Gasteiger partial charge < -0.3 is 0 Å². The first-order chi connectivity index (χ1) is 6.61. The van der Waals surface area contributed by atoms with E-state index in [0.29, 0.717) is 0 Å². The van der Waals surface area contributed by atoms with Gasteiger partial charge in [-0.1, -0.05) is 6.07 Å². The van der Waals surface area contributed by atoms with E-state index in [-0.39, 0.29) is 29.8 Å². The Hall–Kier alpha value is -1.32. The standard InChI is InChI=1S/C10H7F3O/c11-9-6-3-4-8(14)5(6)1-2-7(9)10(12)13/h1-2,10H,3-4H2. The molecule has 0 saturated carbocycles. The monoisotopic (exact) mass is 200 g/mol. The highest BCUT2D eigenvalue weighted by Gasteiger charge is 2.26. The van der Waals surface area contributed by atoms with E-state index in [1.54, 1.807) is 0 Å². The Morgan fingerprint density at radius 3 is 2.57 bits per heavy atom. The molecule has 0 aliphatic heterocycles. The molecule has 0 N–H and O–H groups in total. The van der Waals surface area contributed by atoms with Crippen molar-refractivity contribution in [1.82, 2.24) is 0 Å². The van der Waals surface area contributed by atoms with Gasteiger partial charge in [0.2, 0.25) is 0 Å². The second-order valence-corrected chi connectivity index (χ2v) is 3.22. The maximum atomic E-state index is 13.4. The van der Waals surface area contributed by atoms with Crippen LogP contribution >= 0.6 is 0 Å². The molecular weight excluding hydrogens is 193 g/mol. The van der Waals surface area contributed by atoms with Crippen molar-refractivity contribution in [2.24, 2.45) is 0 Å². The highest BCUT2D eigenvalue weighted by molar-refractivity contribution is 6.00. The number of rotatable bonds is 1. The highest BCUT2D eigenvalue weighted by Crippen LogP contribution is 2.31. The van der Waals surface area contributed by atoms with Gasteiger partial charge in [-0.05, 0) is 18.1 Å². The Kier molecular flexibility index (Phi) is 2.06. The number of benzene rings is 1. The number of alkyl halides is 2. The van der Waals surface area contributed by atoms with E-state index in [4.69, 9.17) is 0 Å². The Bertz CT molecular complexity index is 399. The summed E-state index contributed by atoms with van der Waals surface area (Å²) in [4.78, 5) is 11.1. The van der Waals surface area contributed by atoms with Crippen LogP contribution in [0.1, 0.15) is 34.3 Å². The maximum Gasteiger partial charge on any atom is 0.266 e. The fraction of sp³-hybridized carbons (Fsp3) is 0.300. The van der Waals surface area contributed by atoms with Gasteiger partial charge in [-0.25, -0.2) is 13.2 Å². The molecule has 1 nitrogen and oxygen atoms in total. The maximum absolute atomic E-state index is 13.4. The summed E-state index contributed by atoms with van der Waals surface area (Å²) in [5, 5.41) is 0. The molecule has 1 aliphatic rings. The summed E-state index contributed by atoms with van der Waals surface area (Å²) < 4.78 is 37.9. The van der Waals surface area contributed by atoms with Gasteiger partial charge in [-0.2, -0.15) is 0 Å². The van der Waals surface area contributed by atoms with Crippen LogP contribution in [0.15, 0.2) is 12.1 Å². The van der Waals surface area contributed by atoms with E-state index in [0.717, 1.165) is 6.07 Å². The van der Waals surface area contributed by atoms with Crippen molar-refractivity contribution in [3.05, 3.63) is 34.6 Å². The van der Waals surface area contributed by atoms with Crippen molar-refractivity contribution in [3.63, 3.8) is 0 Å². The summed E-state index contributed by atoms with van der Waals surface area (Å²) in [7, 11) is 0. The van der Waals surface area contributed by atoms with Crippen LogP contribution in [0.3, 0.4) is 0 Å². The molecule has 0 saturated heterocycles. The summed E-state index contributed by atoms with van der Waals surface area (Å²) in [6.07, 6.45) is -2.37. The number of Topliss-reactive ketones (excluding diaryl/α,β-unsaturated/α-hetero) is 1. The third-order valence-corrected chi connectivity index (χ3v) is 2.41. The normalized spacial score (nSPS) is 15.0. The third-order valence-electron chi connectivity index (χ3n) is 2.41. The summed E-state index contributed by atoms with van der Waals surface area (Å²) in [5.41, 5.74) is -0.210. The van der Waals surface area contributed by atoms with E-state index in [1.165, 1.54) is 6.07 Å². The molecular formula is C10H7F3O. The lowest BCUT2D eigenvalue weighted by molar-refractivity contribution is 0.0994. The number of hydrogen-bond donors (Lipinski definition) is 0. The molecule has 1 aliphatic carbocycles. The average molecular weight is 200 g/mol. The predicted molar refractivity (Wildman–Crippen MR) is 44.0 cm³/mol. The predicted octanol–water partition coefficient (Wildman–Crippen LogP) is 2.89. The van der Waals surface area contributed by atoms with Crippen molar-refractivity contribution in [1.29, 1.82) is 0 Å². The molecule has 0 atom stereocenters. The Morgan fingerprint density at radius 1 is 1.21 bits per heavy atom. The number of hydrogen-bond acceptors (Lipinski definition) is 1. The van der Waals surface area contributed by atoms with E-state index >= 15 is 0 Å². The van der Waals surface area contributed by atoms with Crippen LogP contribution in [0.25, 0.3) is 0 Å². The van der Waals surface area contributed by atoms with E-state index in [9.17, 15) is 18.0 Å². The fourth-order valence-electron chi connectivity index (χ4n) is 1.69. The van der Waals surface area contributed by atoms with Crippen LogP contribution in [0.4, 0.5) is 13.2 Å². The van der Waals surface area contributed by atoms with Crippen LogP contribution < -0.4 is 0 Å². The minimum Gasteiger partial charge on any atom is -0.294 e. The zero-order chi connectivity index (χ0) is 10.3. The van der Waals surface area contributed by atoms with Gasteiger partial charge in [-0.3, -0.25) is 4.79 Å². The van der Waals surface area contributed by atoms with Gasteiger partial charge in [0.05, 0.1) is 5.56 Å². The minimum atomic E-state index is -2.82. The topological polar surface area (TPSA) is 17.1 Å². The molecule has 0 unspecified atom stereocenters. The second-order valence-electron chi connectivity index (χ2n) is 3.22. The molecule has 1 aromatic carbocycles. The van der Waals surface area contributed by atoms with Crippen LogP contribution in [-0.4, -0.2) is 5.78 Å².